The Morgan fingerprint density at radius 2 is 1.81 bits per heavy atom. The van der Waals surface area contributed by atoms with Gasteiger partial charge in [-0.15, -0.1) is 11.3 Å². The quantitative estimate of drug-likeness (QED) is 0.486. The number of thiophene rings is 1. The molecule has 0 fully saturated rings. The summed E-state index contributed by atoms with van der Waals surface area (Å²) in [5.41, 5.74) is 1.09. The molecule has 138 valence electrons. The SMILES string of the molecule is Cc1cc(NC(=O)c2ccccc2Cl)sc1C(=O)Nc1ccc(Br)cc1F. The fourth-order valence-corrected chi connectivity index (χ4v) is 3.88. The highest BCUT2D eigenvalue weighted by molar-refractivity contribution is 9.10. The minimum atomic E-state index is -0.542. The van der Waals surface area contributed by atoms with E-state index < -0.39 is 11.7 Å². The predicted octanol–water partition coefficient (Wildman–Crippen LogP) is 6.12. The molecule has 0 atom stereocenters. The van der Waals surface area contributed by atoms with Gasteiger partial charge in [-0.05, 0) is 48.9 Å². The summed E-state index contributed by atoms with van der Waals surface area (Å²) in [6, 6.07) is 12.8. The molecule has 0 bridgehead atoms. The van der Waals surface area contributed by atoms with Crippen molar-refractivity contribution in [3.05, 3.63) is 79.8 Å². The van der Waals surface area contributed by atoms with Crippen molar-refractivity contribution in [3.8, 4) is 0 Å². The van der Waals surface area contributed by atoms with Crippen LogP contribution < -0.4 is 10.6 Å². The minimum Gasteiger partial charge on any atom is -0.319 e. The number of benzene rings is 2. The number of anilines is 2. The van der Waals surface area contributed by atoms with Crippen molar-refractivity contribution in [1.29, 1.82) is 0 Å². The third-order valence-electron chi connectivity index (χ3n) is 3.66. The normalized spacial score (nSPS) is 10.5. The van der Waals surface area contributed by atoms with E-state index in [0.29, 0.717) is 30.5 Å². The van der Waals surface area contributed by atoms with Crippen molar-refractivity contribution in [2.75, 3.05) is 10.6 Å². The van der Waals surface area contributed by atoms with Crippen molar-refractivity contribution in [3.63, 3.8) is 0 Å². The summed E-state index contributed by atoms with van der Waals surface area (Å²) in [4.78, 5) is 25.2. The summed E-state index contributed by atoms with van der Waals surface area (Å²) >= 11 is 10.3. The van der Waals surface area contributed by atoms with E-state index in [1.807, 2.05) is 0 Å². The summed E-state index contributed by atoms with van der Waals surface area (Å²) in [7, 11) is 0. The predicted molar refractivity (Wildman–Crippen MR) is 111 cm³/mol. The average Bonchev–Trinajstić information content (AvgIpc) is 2.98. The van der Waals surface area contributed by atoms with E-state index in [0.717, 1.165) is 11.3 Å². The van der Waals surface area contributed by atoms with Gasteiger partial charge in [-0.1, -0.05) is 39.7 Å². The summed E-state index contributed by atoms with van der Waals surface area (Å²) in [6.45, 7) is 1.74. The molecule has 4 nitrogen and oxygen atoms in total. The molecule has 27 heavy (non-hydrogen) atoms. The molecule has 8 heteroatoms. The summed E-state index contributed by atoms with van der Waals surface area (Å²) in [5, 5.41) is 6.12. The number of amides is 2. The van der Waals surface area contributed by atoms with Crippen LogP contribution >= 0.6 is 38.9 Å². The molecular formula is C19H13BrClFN2O2S. The average molecular weight is 468 g/mol. The Kier molecular flexibility index (Phi) is 5.94. The number of carbonyl (C=O) groups is 2. The van der Waals surface area contributed by atoms with E-state index >= 15 is 0 Å². The molecule has 3 aromatic rings. The Hall–Kier alpha value is -2.22. The number of aryl methyl sites for hydroxylation is 1. The van der Waals surface area contributed by atoms with Gasteiger partial charge < -0.3 is 10.6 Å². The lowest BCUT2D eigenvalue weighted by atomic mass is 10.2. The van der Waals surface area contributed by atoms with Crippen LogP contribution in [-0.4, -0.2) is 11.8 Å². The van der Waals surface area contributed by atoms with Gasteiger partial charge >= 0.3 is 0 Å². The van der Waals surface area contributed by atoms with Gasteiger partial charge in [0.2, 0.25) is 0 Å². The van der Waals surface area contributed by atoms with Gasteiger partial charge in [0.1, 0.15) is 5.82 Å². The molecule has 1 heterocycles. The lowest BCUT2D eigenvalue weighted by Gasteiger charge is -2.06. The van der Waals surface area contributed by atoms with Crippen LogP contribution in [0.5, 0.6) is 0 Å². The first-order valence-corrected chi connectivity index (χ1v) is 9.76. The van der Waals surface area contributed by atoms with Crippen LogP contribution in [0.1, 0.15) is 25.6 Å². The Labute approximate surface area is 172 Å². The molecule has 3 rings (SSSR count). The fraction of sp³-hybridized carbons (Fsp3) is 0.0526. The second-order valence-corrected chi connectivity index (χ2v) is 8.01. The smallest absolute Gasteiger partial charge is 0.266 e. The van der Waals surface area contributed by atoms with Gasteiger partial charge in [-0.2, -0.15) is 0 Å². The molecule has 2 N–H and O–H groups in total. The second kappa shape index (κ2) is 8.21. The number of carbonyl (C=O) groups excluding carboxylic acids is 2. The topological polar surface area (TPSA) is 58.2 Å². The van der Waals surface area contributed by atoms with Gasteiger partial charge in [0.25, 0.3) is 11.8 Å². The molecule has 0 aliphatic heterocycles. The number of hydrogen-bond donors (Lipinski definition) is 2. The fourth-order valence-electron chi connectivity index (χ4n) is 2.36. The van der Waals surface area contributed by atoms with Crippen molar-refractivity contribution in [2.45, 2.75) is 6.92 Å². The minimum absolute atomic E-state index is 0.0812. The van der Waals surface area contributed by atoms with Crippen LogP contribution in [0.4, 0.5) is 15.1 Å². The highest BCUT2D eigenvalue weighted by atomic mass is 79.9. The largest absolute Gasteiger partial charge is 0.319 e. The Morgan fingerprint density at radius 3 is 2.52 bits per heavy atom. The van der Waals surface area contributed by atoms with E-state index in [1.54, 1.807) is 43.3 Å². The monoisotopic (exact) mass is 466 g/mol. The van der Waals surface area contributed by atoms with Crippen LogP contribution in [0, 0.1) is 12.7 Å². The first kappa shape index (κ1) is 19.5. The molecule has 0 unspecified atom stereocenters. The highest BCUT2D eigenvalue weighted by Gasteiger charge is 2.18. The maximum Gasteiger partial charge on any atom is 0.266 e. The summed E-state index contributed by atoms with van der Waals surface area (Å²) in [5.74, 6) is -1.36. The number of nitrogens with one attached hydrogen (secondary N) is 2. The van der Waals surface area contributed by atoms with Crippen LogP contribution in [0.2, 0.25) is 5.02 Å². The van der Waals surface area contributed by atoms with Crippen molar-refractivity contribution < 1.29 is 14.0 Å². The van der Waals surface area contributed by atoms with Gasteiger partial charge in [0.05, 0.1) is 26.2 Å². The van der Waals surface area contributed by atoms with E-state index in [2.05, 4.69) is 26.6 Å². The third-order valence-corrected chi connectivity index (χ3v) is 5.63. The Morgan fingerprint density at radius 1 is 1.07 bits per heavy atom. The van der Waals surface area contributed by atoms with Crippen LogP contribution in [0.3, 0.4) is 0 Å². The maximum absolute atomic E-state index is 13.9. The Bertz CT molecular complexity index is 1040. The number of rotatable bonds is 4. The lowest BCUT2D eigenvalue weighted by Crippen LogP contribution is -2.12. The van der Waals surface area contributed by atoms with E-state index in [4.69, 9.17) is 11.6 Å². The summed E-state index contributed by atoms with van der Waals surface area (Å²) < 4.78 is 14.5. The summed E-state index contributed by atoms with van der Waals surface area (Å²) in [6.07, 6.45) is 0. The van der Waals surface area contributed by atoms with Crippen molar-refractivity contribution in [2.24, 2.45) is 0 Å². The van der Waals surface area contributed by atoms with Crippen molar-refractivity contribution in [1.82, 2.24) is 0 Å². The zero-order valence-electron chi connectivity index (χ0n) is 14.0. The third kappa shape index (κ3) is 4.55. The van der Waals surface area contributed by atoms with Gasteiger partial charge in [-0.25, -0.2) is 4.39 Å². The maximum atomic E-state index is 13.9. The first-order valence-electron chi connectivity index (χ1n) is 7.78. The molecule has 0 spiro atoms. The van der Waals surface area contributed by atoms with Crippen LogP contribution in [0.25, 0.3) is 0 Å². The number of halogens is 3. The molecule has 1 aromatic heterocycles. The highest BCUT2D eigenvalue weighted by Crippen LogP contribution is 2.29. The molecule has 0 aliphatic carbocycles. The van der Waals surface area contributed by atoms with Gasteiger partial charge in [0, 0.05) is 4.47 Å². The number of hydrogen-bond acceptors (Lipinski definition) is 3. The zero-order chi connectivity index (χ0) is 19.6. The molecule has 0 saturated carbocycles. The Balaban J connectivity index is 1.77. The molecule has 0 saturated heterocycles. The lowest BCUT2D eigenvalue weighted by molar-refractivity contribution is 0.102. The molecule has 0 aliphatic rings. The molecular weight excluding hydrogens is 455 g/mol. The van der Waals surface area contributed by atoms with Crippen LogP contribution in [0.15, 0.2) is 53.0 Å². The molecule has 2 amide bonds. The van der Waals surface area contributed by atoms with Gasteiger partial charge in [0.15, 0.2) is 0 Å². The standard InChI is InChI=1S/C19H13BrClFN2O2S/c1-10-8-16(24-18(25)12-4-2-3-5-13(12)21)27-17(10)19(26)23-15-7-6-11(20)9-14(15)22/h2-9H,1H3,(H,23,26)(H,24,25). The first-order chi connectivity index (χ1) is 12.8. The van der Waals surface area contributed by atoms with Crippen LogP contribution in [-0.2, 0) is 0 Å². The molecule has 0 radical (unpaired) electrons. The second-order valence-electron chi connectivity index (χ2n) is 5.64. The zero-order valence-corrected chi connectivity index (χ0v) is 17.1. The van der Waals surface area contributed by atoms with Crippen molar-refractivity contribution >= 4 is 61.4 Å². The van der Waals surface area contributed by atoms with E-state index in [1.165, 1.54) is 12.1 Å². The molecule has 2 aromatic carbocycles. The van der Waals surface area contributed by atoms with E-state index in [9.17, 15) is 14.0 Å². The van der Waals surface area contributed by atoms with Gasteiger partial charge in [-0.3, -0.25) is 9.59 Å². The van der Waals surface area contributed by atoms with E-state index in [-0.39, 0.29) is 11.6 Å².